The first kappa shape index (κ1) is 17.2. The molecule has 1 atom stereocenters. The molecule has 1 saturated heterocycles. The van der Waals surface area contributed by atoms with E-state index in [1.165, 1.54) is 18.1 Å². The van der Waals surface area contributed by atoms with Crippen molar-refractivity contribution < 1.29 is 26.6 Å². The molecule has 2 rings (SSSR count). The molecule has 0 aromatic heterocycles. The number of anilines is 2. The fraction of sp³-hybridized carbons (Fsp3) is 0.429. The van der Waals surface area contributed by atoms with Gasteiger partial charge in [-0.25, -0.2) is 4.79 Å². The number of nitrogens with zero attached hydrogens (tertiary/aromatic N) is 1. The number of hydrogen-bond acceptors (Lipinski definition) is 6. The molecule has 1 aliphatic rings. The lowest BCUT2D eigenvalue weighted by Gasteiger charge is -2.21. The van der Waals surface area contributed by atoms with Crippen molar-refractivity contribution in [2.24, 2.45) is 5.92 Å². The smallest absolute Gasteiger partial charge is 0.337 e. The summed E-state index contributed by atoms with van der Waals surface area (Å²) in [6.45, 7) is 0.0707. The molecule has 1 amide bonds. The summed E-state index contributed by atoms with van der Waals surface area (Å²) in [7, 11) is -1.75. The summed E-state index contributed by atoms with van der Waals surface area (Å²) in [5, 5.41) is 2.90. The SMILES string of the molecule is CNc1ccc(C(=O)OC)cc1N1CC(CS(=O)(=O)F)CC1=O. The highest BCUT2D eigenvalue weighted by atomic mass is 32.3. The Hall–Kier alpha value is -2.16. The number of halogens is 1. The fourth-order valence-electron chi connectivity index (χ4n) is 2.62. The maximum Gasteiger partial charge on any atom is 0.337 e. The van der Waals surface area contributed by atoms with Crippen LogP contribution in [0.2, 0.25) is 0 Å². The van der Waals surface area contributed by atoms with Gasteiger partial charge in [0.25, 0.3) is 0 Å². The summed E-state index contributed by atoms with van der Waals surface area (Å²) < 4.78 is 39.0. The Morgan fingerprint density at radius 1 is 1.48 bits per heavy atom. The highest BCUT2D eigenvalue weighted by Gasteiger charge is 2.34. The Balaban J connectivity index is 2.33. The van der Waals surface area contributed by atoms with Crippen LogP contribution in [0.25, 0.3) is 0 Å². The van der Waals surface area contributed by atoms with Gasteiger partial charge in [-0.05, 0) is 18.2 Å². The third-order valence-corrected chi connectivity index (χ3v) is 4.49. The van der Waals surface area contributed by atoms with E-state index >= 15 is 0 Å². The maximum absolute atomic E-state index is 12.8. The summed E-state index contributed by atoms with van der Waals surface area (Å²) in [5.74, 6) is -2.19. The first-order valence-electron chi connectivity index (χ1n) is 6.88. The maximum atomic E-state index is 12.8. The molecule has 9 heteroatoms. The van der Waals surface area contributed by atoms with Crippen molar-refractivity contribution in [3.63, 3.8) is 0 Å². The summed E-state index contributed by atoms with van der Waals surface area (Å²) >= 11 is 0. The van der Waals surface area contributed by atoms with E-state index < -0.39 is 27.9 Å². The van der Waals surface area contributed by atoms with Crippen LogP contribution in [-0.4, -0.2) is 46.7 Å². The van der Waals surface area contributed by atoms with Gasteiger partial charge in [0.2, 0.25) is 5.91 Å². The van der Waals surface area contributed by atoms with Gasteiger partial charge in [0.1, 0.15) is 0 Å². The largest absolute Gasteiger partial charge is 0.465 e. The van der Waals surface area contributed by atoms with Gasteiger partial charge < -0.3 is 15.0 Å². The predicted molar refractivity (Wildman–Crippen MR) is 82.7 cm³/mol. The molecule has 0 radical (unpaired) electrons. The van der Waals surface area contributed by atoms with Gasteiger partial charge in [-0.2, -0.15) is 8.42 Å². The number of ether oxygens (including phenoxy) is 1. The second-order valence-corrected chi connectivity index (χ2v) is 6.66. The molecule has 0 spiro atoms. The molecule has 1 aromatic rings. The van der Waals surface area contributed by atoms with Crippen LogP contribution in [0.1, 0.15) is 16.8 Å². The molecule has 7 nitrogen and oxygen atoms in total. The van der Waals surface area contributed by atoms with E-state index in [0.717, 1.165) is 0 Å². The molecule has 1 N–H and O–H groups in total. The van der Waals surface area contributed by atoms with Gasteiger partial charge in [0.05, 0.1) is 29.8 Å². The number of rotatable bonds is 5. The minimum atomic E-state index is -4.65. The van der Waals surface area contributed by atoms with E-state index in [4.69, 9.17) is 0 Å². The lowest BCUT2D eigenvalue weighted by molar-refractivity contribution is -0.117. The number of nitrogens with one attached hydrogen (secondary N) is 1. The van der Waals surface area contributed by atoms with E-state index in [2.05, 4.69) is 10.1 Å². The van der Waals surface area contributed by atoms with Crippen LogP contribution in [0.3, 0.4) is 0 Å². The van der Waals surface area contributed by atoms with E-state index in [1.54, 1.807) is 19.2 Å². The first-order chi connectivity index (χ1) is 10.7. The monoisotopic (exact) mass is 344 g/mol. The van der Waals surface area contributed by atoms with E-state index in [0.29, 0.717) is 11.4 Å². The highest BCUT2D eigenvalue weighted by molar-refractivity contribution is 7.86. The van der Waals surface area contributed by atoms with Crippen LogP contribution in [-0.2, 0) is 19.8 Å². The number of methoxy groups -OCH3 is 1. The number of hydrogen-bond donors (Lipinski definition) is 1. The zero-order valence-electron chi connectivity index (χ0n) is 12.7. The van der Waals surface area contributed by atoms with Crippen LogP contribution in [0.15, 0.2) is 18.2 Å². The third kappa shape index (κ3) is 3.98. The van der Waals surface area contributed by atoms with Crippen LogP contribution >= 0.6 is 0 Å². The molecule has 0 aliphatic carbocycles. The quantitative estimate of drug-likeness (QED) is 0.637. The summed E-state index contributed by atoms with van der Waals surface area (Å²) in [4.78, 5) is 25.1. The molecule has 1 unspecified atom stereocenters. The van der Waals surface area contributed by atoms with Gasteiger partial charge in [0.15, 0.2) is 0 Å². The molecule has 0 bridgehead atoms. The summed E-state index contributed by atoms with van der Waals surface area (Å²) in [6, 6.07) is 4.65. The second kappa shape index (κ2) is 6.53. The molecule has 126 valence electrons. The summed E-state index contributed by atoms with van der Waals surface area (Å²) in [5.41, 5.74) is 1.28. The van der Waals surface area contributed by atoms with Crippen molar-refractivity contribution in [2.45, 2.75) is 6.42 Å². The number of carbonyl (C=O) groups excluding carboxylic acids is 2. The lowest BCUT2D eigenvalue weighted by atomic mass is 10.1. The normalized spacial score (nSPS) is 18.1. The minimum absolute atomic E-state index is 0.0608. The number of esters is 1. The number of carbonyl (C=O) groups is 2. The van der Waals surface area contributed by atoms with Gasteiger partial charge in [-0.1, -0.05) is 0 Å². The summed E-state index contributed by atoms with van der Waals surface area (Å²) in [6.07, 6.45) is -0.0608. The van der Waals surface area contributed by atoms with Crippen LogP contribution in [0.4, 0.5) is 15.3 Å². The zero-order valence-corrected chi connectivity index (χ0v) is 13.5. The van der Waals surface area contributed by atoms with Gasteiger partial charge in [-0.15, -0.1) is 3.89 Å². The minimum Gasteiger partial charge on any atom is -0.465 e. The van der Waals surface area contributed by atoms with Crippen molar-refractivity contribution in [1.29, 1.82) is 0 Å². The highest BCUT2D eigenvalue weighted by Crippen LogP contribution is 2.33. The van der Waals surface area contributed by atoms with E-state index in [-0.39, 0.29) is 24.4 Å². The van der Waals surface area contributed by atoms with Crippen LogP contribution in [0, 0.1) is 5.92 Å². The zero-order chi connectivity index (χ0) is 17.2. The standard InChI is InChI=1S/C14H17FN2O5S/c1-16-11-4-3-10(14(19)22-2)6-12(11)17-7-9(5-13(17)18)8-23(15,20)21/h3-4,6,9,16H,5,7-8H2,1-2H3. The molecule has 1 fully saturated rings. The van der Waals surface area contributed by atoms with E-state index in [1.807, 2.05) is 0 Å². The molecular weight excluding hydrogens is 327 g/mol. The fourth-order valence-corrected chi connectivity index (χ4v) is 3.41. The van der Waals surface area contributed by atoms with Crippen molar-refractivity contribution in [2.75, 3.05) is 36.7 Å². The Kier molecular flexibility index (Phi) is 4.88. The Morgan fingerprint density at radius 3 is 2.74 bits per heavy atom. The topological polar surface area (TPSA) is 92.8 Å². The van der Waals surface area contributed by atoms with Crippen LogP contribution < -0.4 is 10.2 Å². The molecule has 1 aliphatic heterocycles. The molecular formula is C14H17FN2O5S. The van der Waals surface area contributed by atoms with Gasteiger partial charge >= 0.3 is 16.2 Å². The van der Waals surface area contributed by atoms with Gasteiger partial charge in [0, 0.05) is 25.9 Å². The average molecular weight is 344 g/mol. The Bertz CT molecular complexity index is 735. The van der Waals surface area contributed by atoms with Gasteiger partial charge in [-0.3, -0.25) is 4.79 Å². The number of benzene rings is 1. The Morgan fingerprint density at radius 2 is 2.17 bits per heavy atom. The van der Waals surface area contributed by atoms with Crippen molar-refractivity contribution in [1.82, 2.24) is 0 Å². The third-order valence-electron chi connectivity index (χ3n) is 3.62. The lowest BCUT2D eigenvalue weighted by Crippen LogP contribution is -2.26. The molecule has 0 saturated carbocycles. The predicted octanol–water partition coefficient (Wildman–Crippen LogP) is 1.17. The number of amides is 1. The molecule has 1 heterocycles. The van der Waals surface area contributed by atoms with E-state index in [9.17, 15) is 21.9 Å². The molecule has 1 aromatic carbocycles. The van der Waals surface area contributed by atoms with Crippen molar-refractivity contribution in [3.05, 3.63) is 23.8 Å². The molecule has 23 heavy (non-hydrogen) atoms. The second-order valence-electron chi connectivity index (χ2n) is 5.25. The Labute approximate surface area is 133 Å². The average Bonchev–Trinajstić information content (AvgIpc) is 2.83. The van der Waals surface area contributed by atoms with Crippen molar-refractivity contribution in [3.8, 4) is 0 Å². The van der Waals surface area contributed by atoms with Crippen molar-refractivity contribution >= 4 is 33.5 Å². The first-order valence-corrected chi connectivity index (χ1v) is 8.43. The van der Waals surface area contributed by atoms with Crippen LogP contribution in [0.5, 0.6) is 0 Å².